The highest BCUT2D eigenvalue weighted by Gasteiger charge is 2.50. The number of nitrogens with zero attached hydrogens (tertiary/aromatic N) is 1. The topological polar surface area (TPSA) is 82.3 Å². The number of aromatic amines is 1. The molecule has 2 aromatic carbocycles. The van der Waals surface area contributed by atoms with Crippen LogP contribution < -0.4 is 5.32 Å². The first kappa shape index (κ1) is 17.5. The van der Waals surface area contributed by atoms with Gasteiger partial charge in [0, 0.05) is 32.7 Å². The molecule has 3 amide bonds. The number of halogens is 1. The van der Waals surface area contributed by atoms with E-state index in [9.17, 15) is 14.4 Å². The fourth-order valence-corrected chi connectivity index (χ4v) is 4.10. The van der Waals surface area contributed by atoms with Crippen molar-refractivity contribution in [2.75, 3.05) is 6.54 Å². The number of H-pyrrole nitrogens is 1. The Labute approximate surface area is 163 Å². The third-order valence-corrected chi connectivity index (χ3v) is 5.57. The molecule has 1 fully saturated rings. The summed E-state index contributed by atoms with van der Waals surface area (Å²) in [6.07, 6.45) is 1.61. The Balaban J connectivity index is 1.63. The lowest BCUT2D eigenvalue weighted by atomic mass is 9.92. The van der Waals surface area contributed by atoms with Crippen LogP contribution in [0.5, 0.6) is 0 Å². The first-order valence-electron chi connectivity index (χ1n) is 8.40. The number of Topliss-reactive ketones (excluding diaryl/α,β-unsaturated/α-hetero) is 1. The van der Waals surface area contributed by atoms with Crippen molar-refractivity contribution in [1.82, 2.24) is 15.2 Å². The van der Waals surface area contributed by atoms with Gasteiger partial charge in [-0.05, 0) is 19.1 Å². The fraction of sp³-hybridized carbons (Fsp3) is 0.150. The zero-order valence-corrected chi connectivity index (χ0v) is 16.0. The SMILES string of the molecule is CC1(c2ccccc2Br)NC(=O)N(CC(=O)c2c[nH]c3ccccc23)C1=O. The molecule has 0 radical (unpaired) electrons. The second-order valence-corrected chi connectivity index (χ2v) is 7.45. The van der Waals surface area contributed by atoms with E-state index >= 15 is 0 Å². The Bertz CT molecular complexity index is 1090. The molecule has 27 heavy (non-hydrogen) atoms. The molecule has 6 nitrogen and oxygen atoms in total. The Morgan fingerprint density at radius 1 is 1.11 bits per heavy atom. The minimum absolute atomic E-state index is 0.299. The second-order valence-electron chi connectivity index (χ2n) is 6.60. The lowest BCUT2D eigenvalue weighted by molar-refractivity contribution is -0.130. The highest BCUT2D eigenvalue weighted by atomic mass is 79.9. The van der Waals surface area contributed by atoms with Gasteiger partial charge in [0.2, 0.25) is 0 Å². The van der Waals surface area contributed by atoms with Crippen LogP contribution in [0, 0.1) is 0 Å². The van der Waals surface area contributed by atoms with E-state index in [-0.39, 0.29) is 12.3 Å². The third kappa shape index (κ3) is 2.75. The van der Waals surface area contributed by atoms with Gasteiger partial charge in [0.15, 0.2) is 5.78 Å². The predicted molar refractivity (Wildman–Crippen MR) is 104 cm³/mol. The van der Waals surface area contributed by atoms with Crippen molar-refractivity contribution < 1.29 is 14.4 Å². The first-order valence-corrected chi connectivity index (χ1v) is 9.19. The van der Waals surface area contributed by atoms with E-state index in [1.165, 1.54) is 0 Å². The summed E-state index contributed by atoms with van der Waals surface area (Å²) in [6.45, 7) is 1.33. The molecule has 0 saturated carbocycles. The number of aromatic nitrogens is 1. The van der Waals surface area contributed by atoms with Gasteiger partial charge in [0.05, 0.1) is 6.54 Å². The molecule has 0 bridgehead atoms. The van der Waals surface area contributed by atoms with Crippen molar-refractivity contribution in [2.45, 2.75) is 12.5 Å². The molecule has 2 heterocycles. The molecule has 1 aliphatic heterocycles. The summed E-state index contributed by atoms with van der Waals surface area (Å²) < 4.78 is 0.714. The van der Waals surface area contributed by atoms with E-state index in [0.29, 0.717) is 15.6 Å². The average Bonchev–Trinajstić information content (AvgIpc) is 3.17. The normalized spacial score (nSPS) is 19.6. The highest BCUT2D eigenvalue weighted by molar-refractivity contribution is 9.10. The Morgan fingerprint density at radius 2 is 1.81 bits per heavy atom. The number of para-hydroxylation sites is 1. The number of rotatable bonds is 4. The third-order valence-electron chi connectivity index (χ3n) is 4.88. The smallest absolute Gasteiger partial charge is 0.325 e. The first-order chi connectivity index (χ1) is 12.9. The zero-order chi connectivity index (χ0) is 19.2. The van der Waals surface area contributed by atoms with Gasteiger partial charge in [-0.2, -0.15) is 0 Å². The molecule has 136 valence electrons. The summed E-state index contributed by atoms with van der Waals surface area (Å²) in [7, 11) is 0. The summed E-state index contributed by atoms with van der Waals surface area (Å²) in [6, 6.07) is 14.0. The van der Waals surface area contributed by atoms with Gasteiger partial charge in [0.25, 0.3) is 5.91 Å². The van der Waals surface area contributed by atoms with Crippen LogP contribution in [0.1, 0.15) is 22.8 Å². The maximum atomic E-state index is 13.0. The van der Waals surface area contributed by atoms with Gasteiger partial charge in [-0.3, -0.25) is 14.5 Å². The van der Waals surface area contributed by atoms with Crippen molar-refractivity contribution in [1.29, 1.82) is 0 Å². The van der Waals surface area contributed by atoms with Crippen LogP contribution in [-0.2, 0) is 10.3 Å². The van der Waals surface area contributed by atoms with Crippen LogP contribution >= 0.6 is 15.9 Å². The maximum Gasteiger partial charge on any atom is 0.325 e. The monoisotopic (exact) mass is 425 g/mol. The molecule has 1 aliphatic rings. The lowest BCUT2D eigenvalue weighted by Gasteiger charge is -2.23. The Morgan fingerprint density at radius 3 is 2.59 bits per heavy atom. The fourth-order valence-electron chi connectivity index (χ4n) is 3.42. The van der Waals surface area contributed by atoms with Crippen molar-refractivity contribution >= 4 is 44.6 Å². The molecule has 1 unspecified atom stereocenters. The van der Waals surface area contributed by atoms with E-state index in [2.05, 4.69) is 26.2 Å². The number of carbonyl (C=O) groups is 3. The highest BCUT2D eigenvalue weighted by Crippen LogP contribution is 2.33. The number of urea groups is 1. The van der Waals surface area contributed by atoms with Gasteiger partial charge in [-0.25, -0.2) is 4.79 Å². The molecule has 2 N–H and O–H groups in total. The Kier molecular flexibility index (Phi) is 4.11. The molecular weight excluding hydrogens is 410 g/mol. The summed E-state index contributed by atoms with van der Waals surface area (Å²) in [5.41, 5.74) is 0.708. The molecule has 7 heteroatoms. The average molecular weight is 426 g/mol. The lowest BCUT2D eigenvalue weighted by Crippen LogP contribution is -2.41. The summed E-state index contributed by atoms with van der Waals surface area (Å²) in [4.78, 5) is 42.3. The van der Waals surface area contributed by atoms with Gasteiger partial charge in [-0.1, -0.05) is 52.3 Å². The van der Waals surface area contributed by atoms with Gasteiger partial charge >= 0.3 is 6.03 Å². The maximum absolute atomic E-state index is 13.0. The number of fused-ring (bicyclic) bond motifs is 1. The molecule has 4 rings (SSSR count). The molecule has 3 aromatic rings. The number of carbonyl (C=O) groups excluding carboxylic acids is 3. The molecule has 0 aliphatic carbocycles. The zero-order valence-electron chi connectivity index (χ0n) is 14.5. The number of hydrogen-bond donors (Lipinski definition) is 2. The van der Waals surface area contributed by atoms with Crippen LogP contribution in [0.15, 0.2) is 59.2 Å². The standard InChI is InChI=1S/C20H16BrN3O3/c1-20(14-7-3-4-8-15(14)21)18(26)24(19(27)23-20)11-17(25)13-10-22-16-9-5-2-6-12(13)16/h2-10,22H,11H2,1H3,(H,23,27). The van der Waals surface area contributed by atoms with Gasteiger partial charge < -0.3 is 10.3 Å². The van der Waals surface area contributed by atoms with Gasteiger partial charge in [-0.15, -0.1) is 0 Å². The van der Waals surface area contributed by atoms with Crippen LogP contribution in [-0.4, -0.2) is 34.2 Å². The van der Waals surface area contributed by atoms with E-state index in [1.54, 1.807) is 31.3 Å². The second kappa shape index (κ2) is 6.35. The number of benzene rings is 2. The van der Waals surface area contributed by atoms with E-state index in [1.807, 2.05) is 30.3 Å². The summed E-state index contributed by atoms with van der Waals surface area (Å²) >= 11 is 3.43. The van der Waals surface area contributed by atoms with Crippen LogP contribution in [0.4, 0.5) is 4.79 Å². The van der Waals surface area contributed by atoms with Gasteiger partial charge in [0.1, 0.15) is 5.54 Å². The van der Waals surface area contributed by atoms with Crippen LogP contribution in [0.2, 0.25) is 0 Å². The van der Waals surface area contributed by atoms with Crippen molar-refractivity contribution in [2.24, 2.45) is 0 Å². The van der Waals surface area contributed by atoms with Crippen molar-refractivity contribution in [3.8, 4) is 0 Å². The Hall–Kier alpha value is -2.93. The van der Waals surface area contributed by atoms with Crippen molar-refractivity contribution in [3.63, 3.8) is 0 Å². The largest absolute Gasteiger partial charge is 0.360 e. The molecule has 1 aromatic heterocycles. The molecule has 1 saturated heterocycles. The quantitative estimate of drug-likeness (QED) is 0.494. The van der Waals surface area contributed by atoms with E-state index in [0.717, 1.165) is 15.8 Å². The number of imide groups is 1. The summed E-state index contributed by atoms with van der Waals surface area (Å²) in [5.74, 6) is -0.750. The minimum atomic E-state index is -1.22. The number of nitrogens with one attached hydrogen (secondary N) is 2. The van der Waals surface area contributed by atoms with Crippen LogP contribution in [0.3, 0.4) is 0 Å². The predicted octanol–water partition coefficient (Wildman–Crippen LogP) is 3.58. The summed E-state index contributed by atoms with van der Waals surface area (Å²) in [5, 5.41) is 3.49. The van der Waals surface area contributed by atoms with Crippen LogP contribution in [0.25, 0.3) is 10.9 Å². The number of amides is 3. The molecule has 0 spiro atoms. The number of hydrogen-bond acceptors (Lipinski definition) is 3. The van der Waals surface area contributed by atoms with Crippen molar-refractivity contribution in [3.05, 3.63) is 70.3 Å². The minimum Gasteiger partial charge on any atom is -0.360 e. The molecule has 1 atom stereocenters. The number of ketones is 1. The molecular formula is C20H16BrN3O3. The van der Waals surface area contributed by atoms with E-state index in [4.69, 9.17) is 0 Å². The van der Waals surface area contributed by atoms with E-state index < -0.39 is 17.5 Å².